The number of carbonyl (C=O) groups excluding carboxylic acids is 2. The third-order valence-electron chi connectivity index (χ3n) is 5.48. The third-order valence-corrected chi connectivity index (χ3v) is 6.98. The Labute approximate surface area is 174 Å². The summed E-state index contributed by atoms with van der Waals surface area (Å²) in [6.45, 7) is -0.259. The van der Waals surface area contributed by atoms with Crippen LogP contribution >= 0.6 is 0 Å². The van der Waals surface area contributed by atoms with Crippen LogP contribution < -0.4 is 4.90 Å². The highest BCUT2D eigenvalue weighted by Crippen LogP contribution is 2.50. The summed E-state index contributed by atoms with van der Waals surface area (Å²) in [5.41, 5.74) is -5.43. The van der Waals surface area contributed by atoms with Crippen molar-refractivity contribution in [1.82, 2.24) is 9.88 Å². The summed E-state index contributed by atoms with van der Waals surface area (Å²) in [7, 11) is -5.54. The maximum absolute atomic E-state index is 13.1. The maximum Gasteiger partial charge on any atom is 0.501 e. The van der Waals surface area contributed by atoms with Crippen LogP contribution in [0.1, 0.15) is 24.0 Å². The number of nitrogens with zero attached hydrogens (tertiary/aromatic N) is 3. The van der Waals surface area contributed by atoms with Gasteiger partial charge in [-0.25, -0.2) is 18.1 Å². The molecular formula is C19H16F3N3O5S. The van der Waals surface area contributed by atoms with Crippen molar-refractivity contribution in [2.75, 3.05) is 4.90 Å². The van der Waals surface area contributed by atoms with Crippen molar-refractivity contribution in [2.24, 2.45) is 0 Å². The molecule has 1 N–H and O–H groups in total. The van der Waals surface area contributed by atoms with Crippen LogP contribution in [0.2, 0.25) is 0 Å². The Balaban J connectivity index is 1.65. The molecule has 1 aromatic carbocycles. The number of aromatic nitrogens is 1. The van der Waals surface area contributed by atoms with Gasteiger partial charge in [-0.1, -0.05) is 0 Å². The number of hydrogen-bond donors (Lipinski definition) is 1. The average molecular weight is 455 g/mol. The van der Waals surface area contributed by atoms with Crippen molar-refractivity contribution in [2.45, 2.75) is 41.9 Å². The van der Waals surface area contributed by atoms with Crippen LogP contribution in [0.3, 0.4) is 0 Å². The van der Waals surface area contributed by atoms with Crippen molar-refractivity contribution in [1.29, 1.82) is 0 Å². The monoisotopic (exact) mass is 455 g/mol. The molecule has 1 aliphatic heterocycles. The molecule has 1 saturated carbocycles. The lowest BCUT2D eigenvalue weighted by atomic mass is 10.1. The van der Waals surface area contributed by atoms with Crippen LogP contribution in [0.15, 0.2) is 47.6 Å². The number of pyridine rings is 1. The molecule has 31 heavy (non-hydrogen) atoms. The van der Waals surface area contributed by atoms with Crippen molar-refractivity contribution in [3.05, 3.63) is 53.9 Å². The van der Waals surface area contributed by atoms with Gasteiger partial charge in [0.25, 0.3) is 15.7 Å². The number of halogens is 3. The molecule has 4 rings (SSSR count). The molecule has 1 saturated heterocycles. The second kappa shape index (κ2) is 7.02. The summed E-state index contributed by atoms with van der Waals surface area (Å²) < 4.78 is 61.3. The molecule has 2 aromatic rings. The molecule has 0 atom stereocenters. The van der Waals surface area contributed by atoms with Gasteiger partial charge in [-0.15, -0.1) is 0 Å². The number of carbonyl (C=O) groups is 2. The van der Waals surface area contributed by atoms with E-state index in [0.29, 0.717) is 36.1 Å². The summed E-state index contributed by atoms with van der Waals surface area (Å²) in [6.07, 6.45) is 3.80. The van der Waals surface area contributed by atoms with Gasteiger partial charge in [-0.2, -0.15) is 13.2 Å². The number of urea groups is 1. The van der Waals surface area contributed by atoms with Gasteiger partial charge in [-0.05, 0) is 48.7 Å². The average Bonchev–Trinajstić information content (AvgIpc) is 3.50. The van der Waals surface area contributed by atoms with E-state index in [1.807, 2.05) is 0 Å². The number of aliphatic hydroxyl groups excluding tert-OH is 1. The molecule has 0 bridgehead atoms. The minimum Gasteiger partial charge on any atom is -0.392 e. The van der Waals surface area contributed by atoms with Gasteiger partial charge in [-0.3, -0.25) is 9.78 Å². The number of hydrogen-bond acceptors (Lipinski definition) is 6. The molecule has 2 aliphatic rings. The van der Waals surface area contributed by atoms with Gasteiger partial charge in [0.05, 0.1) is 17.2 Å². The van der Waals surface area contributed by atoms with Gasteiger partial charge >= 0.3 is 11.5 Å². The lowest BCUT2D eigenvalue weighted by molar-refractivity contribution is -0.120. The van der Waals surface area contributed by atoms with Crippen LogP contribution in [0.5, 0.6) is 0 Å². The summed E-state index contributed by atoms with van der Waals surface area (Å²) in [5, 5.41) is 9.48. The highest BCUT2D eigenvalue weighted by atomic mass is 32.2. The van der Waals surface area contributed by atoms with E-state index in [4.69, 9.17) is 0 Å². The van der Waals surface area contributed by atoms with Crippen LogP contribution in [0.4, 0.5) is 23.7 Å². The van der Waals surface area contributed by atoms with Gasteiger partial charge in [0.2, 0.25) is 0 Å². The first-order chi connectivity index (χ1) is 14.5. The van der Waals surface area contributed by atoms with E-state index >= 15 is 0 Å². The summed E-state index contributed by atoms with van der Waals surface area (Å²) in [6, 6.07) is 4.38. The smallest absolute Gasteiger partial charge is 0.392 e. The Hall–Kier alpha value is -2.99. The van der Waals surface area contributed by atoms with Gasteiger partial charge < -0.3 is 10.0 Å². The molecule has 8 nitrogen and oxygen atoms in total. The number of rotatable bonds is 5. The second-order valence-electron chi connectivity index (χ2n) is 7.29. The first kappa shape index (κ1) is 21.2. The van der Waals surface area contributed by atoms with Crippen molar-refractivity contribution in [3.8, 4) is 0 Å². The fraction of sp³-hybridized carbons (Fsp3) is 0.316. The standard InChI is InChI=1S/C19H16F3N3O5S/c20-19(21,22)31(29,30)15-3-1-14(2-4-15)25-16(27)18(6-7-18)24(17(25)28)10-12-5-8-23-9-13(12)11-26/h1-5,8-9,26H,6-7,10-11H2. The van der Waals surface area contributed by atoms with Crippen LogP contribution in [0.25, 0.3) is 0 Å². The van der Waals surface area contributed by atoms with Gasteiger partial charge in [0, 0.05) is 24.5 Å². The molecule has 0 unspecified atom stereocenters. The molecule has 1 aromatic heterocycles. The van der Waals surface area contributed by atoms with Crippen molar-refractivity contribution in [3.63, 3.8) is 0 Å². The predicted octanol–water partition coefficient (Wildman–Crippen LogP) is 2.37. The highest BCUT2D eigenvalue weighted by Gasteiger charge is 2.65. The van der Waals surface area contributed by atoms with Crippen LogP contribution in [-0.2, 0) is 27.8 Å². The van der Waals surface area contributed by atoms with E-state index in [2.05, 4.69) is 4.98 Å². The Bertz CT molecular complexity index is 1160. The van der Waals surface area contributed by atoms with Crippen LogP contribution in [0, 0.1) is 0 Å². The van der Waals surface area contributed by atoms with E-state index in [1.54, 1.807) is 6.07 Å². The number of amides is 3. The first-order valence-corrected chi connectivity index (χ1v) is 10.6. The Morgan fingerprint density at radius 3 is 2.26 bits per heavy atom. The summed E-state index contributed by atoms with van der Waals surface area (Å²) >= 11 is 0. The topological polar surface area (TPSA) is 108 Å². The zero-order valence-corrected chi connectivity index (χ0v) is 16.7. The molecular weight excluding hydrogens is 439 g/mol. The molecule has 2 heterocycles. The van der Waals surface area contributed by atoms with Crippen molar-refractivity contribution < 1.29 is 36.3 Å². The quantitative estimate of drug-likeness (QED) is 0.694. The summed E-state index contributed by atoms with van der Waals surface area (Å²) in [5.74, 6) is -0.525. The van der Waals surface area contributed by atoms with E-state index in [1.165, 1.54) is 17.3 Å². The van der Waals surface area contributed by atoms with Crippen LogP contribution in [-0.4, -0.2) is 46.4 Å². The Kier molecular flexibility index (Phi) is 4.81. The number of benzene rings is 1. The molecule has 1 spiro atoms. The number of alkyl halides is 3. The number of imide groups is 1. The predicted molar refractivity (Wildman–Crippen MR) is 100 cm³/mol. The lowest BCUT2D eigenvalue weighted by Crippen LogP contribution is -2.36. The fourth-order valence-corrected chi connectivity index (χ4v) is 4.36. The second-order valence-corrected chi connectivity index (χ2v) is 9.23. The van der Waals surface area contributed by atoms with E-state index < -0.39 is 37.7 Å². The van der Waals surface area contributed by atoms with Gasteiger partial charge in [0.15, 0.2) is 0 Å². The largest absolute Gasteiger partial charge is 0.501 e. The number of anilines is 1. The fourth-order valence-electron chi connectivity index (χ4n) is 3.59. The first-order valence-electron chi connectivity index (χ1n) is 9.13. The highest BCUT2D eigenvalue weighted by molar-refractivity contribution is 7.92. The molecule has 2 fully saturated rings. The number of aliphatic hydroxyl groups is 1. The van der Waals surface area contributed by atoms with E-state index in [9.17, 15) is 36.3 Å². The Morgan fingerprint density at radius 2 is 1.71 bits per heavy atom. The minimum absolute atomic E-state index is 0.0259. The third kappa shape index (κ3) is 3.26. The van der Waals surface area contributed by atoms with E-state index in [-0.39, 0.29) is 18.8 Å². The number of sulfone groups is 1. The molecule has 164 valence electrons. The van der Waals surface area contributed by atoms with Crippen molar-refractivity contribution >= 4 is 27.5 Å². The molecule has 12 heteroatoms. The maximum atomic E-state index is 13.1. The SMILES string of the molecule is O=C1N(c2ccc(S(=O)(=O)C(F)(F)F)cc2)C(=O)C2(CC2)N1Cc1ccncc1CO. The molecule has 3 amide bonds. The molecule has 1 aliphatic carbocycles. The normalized spacial score (nSPS) is 18.2. The van der Waals surface area contributed by atoms with E-state index in [0.717, 1.165) is 17.0 Å². The Morgan fingerprint density at radius 1 is 1.06 bits per heavy atom. The lowest BCUT2D eigenvalue weighted by Gasteiger charge is -2.22. The minimum atomic E-state index is -5.54. The summed E-state index contributed by atoms with van der Waals surface area (Å²) in [4.78, 5) is 31.2. The zero-order chi connectivity index (χ0) is 22.6. The zero-order valence-electron chi connectivity index (χ0n) is 15.8. The molecule has 0 radical (unpaired) electrons. The van der Waals surface area contributed by atoms with Gasteiger partial charge in [0.1, 0.15) is 5.54 Å².